The van der Waals surface area contributed by atoms with Gasteiger partial charge in [-0.2, -0.15) is 13.2 Å². The molecule has 1 amide bonds. The van der Waals surface area contributed by atoms with Gasteiger partial charge in [-0.05, 0) is 35.2 Å². The number of pyridine rings is 1. The van der Waals surface area contributed by atoms with Gasteiger partial charge in [0.05, 0.1) is 0 Å². The number of nitrogens with one attached hydrogen (secondary N) is 2. The van der Waals surface area contributed by atoms with Crippen LogP contribution in [0.1, 0.15) is 21.9 Å². The average Bonchev–Trinajstić information content (AvgIpc) is 3.40. The summed E-state index contributed by atoms with van der Waals surface area (Å²) in [4.78, 5) is 28.8. The van der Waals surface area contributed by atoms with Crippen molar-refractivity contribution in [2.45, 2.75) is 18.6 Å². The SMILES string of the molecule is O=C(Cn1cccc(C(F)(F)F)c1=O)NCC(c1cccs1)c1c[nH]c2ccccc12. The van der Waals surface area contributed by atoms with E-state index in [0.717, 1.165) is 32.0 Å². The molecule has 1 atom stereocenters. The van der Waals surface area contributed by atoms with Gasteiger partial charge in [0.1, 0.15) is 12.1 Å². The number of benzene rings is 1. The summed E-state index contributed by atoms with van der Waals surface area (Å²) in [6, 6.07) is 13.5. The van der Waals surface area contributed by atoms with Crippen molar-refractivity contribution < 1.29 is 18.0 Å². The predicted molar refractivity (Wildman–Crippen MR) is 113 cm³/mol. The fraction of sp³-hybridized carbons (Fsp3) is 0.182. The van der Waals surface area contributed by atoms with Crippen LogP contribution in [0.5, 0.6) is 0 Å². The number of alkyl halides is 3. The van der Waals surface area contributed by atoms with Crippen molar-refractivity contribution in [3.63, 3.8) is 0 Å². The molecule has 3 aromatic heterocycles. The number of halogens is 3. The maximum atomic E-state index is 12.9. The number of para-hydroxylation sites is 1. The summed E-state index contributed by atoms with van der Waals surface area (Å²) in [5, 5.41) is 5.75. The molecule has 9 heteroatoms. The summed E-state index contributed by atoms with van der Waals surface area (Å²) in [5.74, 6) is -0.679. The molecule has 0 aliphatic rings. The van der Waals surface area contributed by atoms with E-state index in [2.05, 4.69) is 10.3 Å². The highest BCUT2D eigenvalue weighted by atomic mass is 32.1. The molecule has 0 aliphatic carbocycles. The van der Waals surface area contributed by atoms with Gasteiger partial charge in [-0.25, -0.2) is 0 Å². The van der Waals surface area contributed by atoms with Crippen LogP contribution in [-0.4, -0.2) is 22.0 Å². The van der Waals surface area contributed by atoms with E-state index < -0.39 is 29.8 Å². The van der Waals surface area contributed by atoms with Crippen molar-refractivity contribution >= 4 is 28.1 Å². The number of thiophene rings is 1. The third kappa shape index (κ3) is 4.41. The number of hydrogen-bond acceptors (Lipinski definition) is 3. The number of nitrogens with zero attached hydrogens (tertiary/aromatic N) is 1. The van der Waals surface area contributed by atoms with Crippen LogP contribution < -0.4 is 10.9 Å². The lowest BCUT2D eigenvalue weighted by atomic mass is 9.96. The van der Waals surface area contributed by atoms with Gasteiger partial charge in [-0.15, -0.1) is 11.3 Å². The highest BCUT2D eigenvalue weighted by Crippen LogP contribution is 2.32. The Kier molecular flexibility index (Phi) is 5.69. The van der Waals surface area contributed by atoms with E-state index in [9.17, 15) is 22.8 Å². The molecule has 5 nitrogen and oxygen atoms in total. The minimum absolute atomic E-state index is 0.140. The smallest absolute Gasteiger partial charge is 0.361 e. The van der Waals surface area contributed by atoms with Crippen molar-refractivity contribution in [3.05, 3.63) is 92.7 Å². The van der Waals surface area contributed by atoms with E-state index in [1.165, 1.54) is 6.20 Å². The van der Waals surface area contributed by atoms with Gasteiger partial charge in [0.15, 0.2) is 0 Å². The predicted octanol–water partition coefficient (Wildman–Crippen LogP) is 4.36. The first kappa shape index (κ1) is 20.9. The van der Waals surface area contributed by atoms with Crippen LogP contribution in [0.25, 0.3) is 10.9 Å². The molecule has 3 heterocycles. The second-order valence-electron chi connectivity index (χ2n) is 7.01. The standard InChI is InChI=1S/C22H18F3N3O2S/c23-22(24,25)17-6-3-9-28(21(17)30)13-20(29)27-12-16(19-8-4-10-31-19)15-11-26-18-7-2-1-5-14(15)18/h1-11,16,26H,12-13H2,(H,27,29). The van der Waals surface area contributed by atoms with Crippen molar-refractivity contribution in [2.24, 2.45) is 0 Å². The molecule has 0 aliphatic heterocycles. The third-order valence-electron chi connectivity index (χ3n) is 5.03. The molecule has 160 valence electrons. The Labute approximate surface area is 179 Å². The van der Waals surface area contributed by atoms with Crippen molar-refractivity contribution in [2.75, 3.05) is 6.54 Å². The number of aromatic nitrogens is 2. The number of hydrogen-bond donors (Lipinski definition) is 2. The number of rotatable bonds is 6. The molecule has 4 rings (SSSR count). The Morgan fingerprint density at radius 3 is 2.68 bits per heavy atom. The average molecular weight is 445 g/mol. The molecule has 1 aromatic carbocycles. The highest BCUT2D eigenvalue weighted by Gasteiger charge is 2.34. The van der Waals surface area contributed by atoms with Crippen molar-refractivity contribution in [1.82, 2.24) is 14.9 Å². The van der Waals surface area contributed by atoms with Crippen LogP contribution >= 0.6 is 11.3 Å². The van der Waals surface area contributed by atoms with E-state index in [-0.39, 0.29) is 12.5 Å². The monoisotopic (exact) mass is 445 g/mol. The van der Waals surface area contributed by atoms with Gasteiger partial charge in [-0.3, -0.25) is 9.59 Å². The topological polar surface area (TPSA) is 66.9 Å². The van der Waals surface area contributed by atoms with E-state index in [0.29, 0.717) is 6.07 Å². The summed E-state index contributed by atoms with van der Waals surface area (Å²) in [6.07, 6.45) is -1.69. The largest absolute Gasteiger partial charge is 0.421 e. The first-order valence-corrected chi connectivity index (χ1v) is 10.4. The van der Waals surface area contributed by atoms with E-state index in [4.69, 9.17) is 0 Å². The summed E-state index contributed by atoms with van der Waals surface area (Å²) < 4.78 is 39.6. The fourth-order valence-corrected chi connectivity index (χ4v) is 4.39. The number of carbonyl (C=O) groups excluding carboxylic acids is 1. The van der Waals surface area contributed by atoms with Gasteiger partial charge in [0, 0.05) is 40.6 Å². The second kappa shape index (κ2) is 8.43. The summed E-state index contributed by atoms with van der Waals surface area (Å²) in [6.45, 7) is -0.247. The molecule has 0 saturated heterocycles. The Morgan fingerprint density at radius 2 is 1.94 bits per heavy atom. The van der Waals surface area contributed by atoms with Crippen LogP contribution in [0.4, 0.5) is 13.2 Å². The Morgan fingerprint density at radius 1 is 1.13 bits per heavy atom. The number of fused-ring (bicyclic) bond motifs is 1. The van der Waals surface area contributed by atoms with Crippen molar-refractivity contribution in [3.8, 4) is 0 Å². The van der Waals surface area contributed by atoms with E-state index in [1.807, 2.05) is 48.0 Å². The Hall–Kier alpha value is -3.33. The first-order chi connectivity index (χ1) is 14.8. The zero-order chi connectivity index (χ0) is 22.0. The van der Waals surface area contributed by atoms with Crippen LogP contribution in [0.2, 0.25) is 0 Å². The van der Waals surface area contributed by atoms with Crippen molar-refractivity contribution in [1.29, 1.82) is 0 Å². The molecule has 2 N–H and O–H groups in total. The Balaban J connectivity index is 1.54. The minimum atomic E-state index is -4.77. The van der Waals surface area contributed by atoms with Crippen LogP contribution in [0, 0.1) is 0 Å². The highest BCUT2D eigenvalue weighted by molar-refractivity contribution is 7.10. The maximum Gasteiger partial charge on any atom is 0.421 e. The molecule has 1 unspecified atom stereocenters. The molecule has 0 bridgehead atoms. The molecule has 0 spiro atoms. The molecule has 31 heavy (non-hydrogen) atoms. The molecule has 4 aromatic rings. The first-order valence-electron chi connectivity index (χ1n) is 9.47. The van der Waals surface area contributed by atoms with E-state index in [1.54, 1.807) is 11.3 Å². The zero-order valence-electron chi connectivity index (χ0n) is 16.1. The zero-order valence-corrected chi connectivity index (χ0v) is 17.0. The Bertz CT molecular complexity index is 1260. The summed E-state index contributed by atoms with van der Waals surface area (Å²) in [5.41, 5.74) is -0.551. The van der Waals surface area contributed by atoms with Gasteiger partial charge < -0.3 is 14.9 Å². The number of aromatic amines is 1. The quantitative estimate of drug-likeness (QED) is 0.463. The van der Waals surface area contributed by atoms with E-state index >= 15 is 0 Å². The fourth-order valence-electron chi connectivity index (χ4n) is 3.54. The lowest BCUT2D eigenvalue weighted by molar-refractivity contribution is -0.139. The lowest BCUT2D eigenvalue weighted by Crippen LogP contribution is -2.36. The second-order valence-corrected chi connectivity index (χ2v) is 7.99. The van der Waals surface area contributed by atoms with Gasteiger partial charge in [0.25, 0.3) is 5.56 Å². The van der Waals surface area contributed by atoms with Crippen LogP contribution in [0.15, 0.2) is 71.1 Å². The summed E-state index contributed by atoms with van der Waals surface area (Å²) >= 11 is 1.56. The van der Waals surface area contributed by atoms with Crippen LogP contribution in [0.3, 0.4) is 0 Å². The molecular weight excluding hydrogens is 427 g/mol. The van der Waals surface area contributed by atoms with Crippen LogP contribution in [-0.2, 0) is 17.5 Å². The molecular formula is C22H18F3N3O2S. The molecule has 0 radical (unpaired) electrons. The number of H-pyrrole nitrogens is 1. The molecule has 0 saturated carbocycles. The van der Waals surface area contributed by atoms with Gasteiger partial charge in [0.2, 0.25) is 5.91 Å². The number of amides is 1. The maximum absolute atomic E-state index is 12.9. The lowest BCUT2D eigenvalue weighted by Gasteiger charge is -2.17. The summed E-state index contributed by atoms with van der Waals surface area (Å²) in [7, 11) is 0. The minimum Gasteiger partial charge on any atom is -0.361 e. The third-order valence-corrected chi connectivity index (χ3v) is 6.01. The van der Waals surface area contributed by atoms with Gasteiger partial charge in [-0.1, -0.05) is 24.3 Å². The molecule has 0 fully saturated rings. The number of carbonyl (C=O) groups is 1. The normalized spacial score (nSPS) is 12.7. The van der Waals surface area contributed by atoms with Gasteiger partial charge >= 0.3 is 6.18 Å².